The summed E-state index contributed by atoms with van der Waals surface area (Å²) in [5, 5.41) is 3.94. The highest BCUT2D eigenvalue weighted by Crippen LogP contribution is 2.24. The minimum atomic E-state index is -0.223. The predicted molar refractivity (Wildman–Crippen MR) is 80.5 cm³/mol. The standard InChI is InChI=1S/C16H18ClFN2/c1-3-19-16(14-5-4-8-20-11(14)2)10-12-9-13(17)6-7-15(12)18/h4-9,16,19H,3,10H2,1-2H3. The smallest absolute Gasteiger partial charge is 0.126 e. The molecule has 106 valence electrons. The van der Waals surface area contributed by atoms with Gasteiger partial charge >= 0.3 is 0 Å². The fourth-order valence-electron chi connectivity index (χ4n) is 2.32. The van der Waals surface area contributed by atoms with Gasteiger partial charge in [-0.25, -0.2) is 4.39 Å². The van der Waals surface area contributed by atoms with Crippen LogP contribution in [-0.2, 0) is 6.42 Å². The Bertz CT molecular complexity index is 586. The number of hydrogen-bond donors (Lipinski definition) is 1. The molecule has 0 aliphatic carbocycles. The molecule has 1 N–H and O–H groups in total. The number of aromatic nitrogens is 1. The number of aryl methyl sites for hydroxylation is 1. The quantitative estimate of drug-likeness (QED) is 0.898. The summed E-state index contributed by atoms with van der Waals surface area (Å²) in [6.45, 7) is 4.81. The molecule has 2 rings (SSSR count). The van der Waals surface area contributed by atoms with Crippen molar-refractivity contribution in [2.45, 2.75) is 26.3 Å². The van der Waals surface area contributed by atoms with Gasteiger partial charge in [0.05, 0.1) is 0 Å². The highest BCUT2D eigenvalue weighted by molar-refractivity contribution is 6.30. The third-order valence-corrected chi connectivity index (χ3v) is 3.54. The van der Waals surface area contributed by atoms with Gasteiger partial charge in [0.2, 0.25) is 0 Å². The van der Waals surface area contributed by atoms with Crippen molar-refractivity contribution >= 4 is 11.6 Å². The Balaban J connectivity index is 2.30. The Labute approximate surface area is 124 Å². The van der Waals surface area contributed by atoms with Crippen LogP contribution < -0.4 is 5.32 Å². The molecule has 1 atom stereocenters. The largest absolute Gasteiger partial charge is 0.310 e. The van der Waals surface area contributed by atoms with Crippen LogP contribution in [0.25, 0.3) is 0 Å². The van der Waals surface area contributed by atoms with Crippen LogP contribution in [0.3, 0.4) is 0 Å². The number of likely N-dealkylation sites (N-methyl/N-ethyl adjacent to an activating group) is 1. The van der Waals surface area contributed by atoms with Crippen LogP contribution in [0.15, 0.2) is 36.5 Å². The van der Waals surface area contributed by atoms with Gasteiger partial charge < -0.3 is 5.32 Å². The summed E-state index contributed by atoms with van der Waals surface area (Å²) >= 11 is 5.96. The van der Waals surface area contributed by atoms with Crippen molar-refractivity contribution in [3.8, 4) is 0 Å². The van der Waals surface area contributed by atoms with Gasteiger partial charge in [-0.15, -0.1) is 0 Å². The highest BCUT2D eigenvalue weighted by Gasteiger charge is 2.16. The van der Waals surface area contributed by atoms with E-state index in [4.69, 9.17) is 11.6 Å². The zero-order valence-corrected chi connectivity index (χ0v) is 12.4. The van der Waals surface area contributed by atoms with E-state index in [2.05, 4.69) is 10.3 Å². The Morgan fingerprint density at radius 2 is 2.15 bits per heavy atom. The second-order valence-corrected chi connectivity index (χ2v) is 5.16. The maximum absolute atomic E-state index is 13.9. The molecule has 20 heavy (non-hydrogen) atoms. The van der Waals surface area contributed by atoms with Crippen LogP contribution in [0.2, 0.25) is 5.02 Å². The van der Waals surface area contributed by atoms with E-state index in [9.17, 15) is 4.39 Å². The van der Waals surface area contributed by atoms with Gasteiger partial charge in [0.15, 0.2) is 0 Å². The van der Waals surface area contributed by atoms with Gasteiger partial charge in [-0.2, -0.15) is 0 Å². The maximum atomic E-state index is 13.9. The SMILES string of the molecule is CCNC(Cc1cc(Cl)ccc1F)c1cccnc1C. The second kappa shape index (κ2) is 6.82. The second-order valence-electron chi connectivity index (χ2n) is 4.73. The Hall–Kier alpha value is -1.45. The molecule has 4 heteroatoms. The van der Waals surface area contributed by atoms with Gasteiger partial charge in [-0.05, 0) is 55.3 Å². The van der Waals surface area contributed by atoms with E-state index in [1.165, 1.54) is 6.07 Å². The number of nitrogens with one attached hydrogen (secondary N) is 1. The van der Waals surface area contributed by atoms with Crippen molar-refractivity contribution in [2.75, 3.05) is 6.54 Å². The molecule has 0 spiro atoms. The first-order valence-corrected chi connectivity index (χ1v) is 7.08. The third-order valence-electron chi connectivity index (χ3n) is 3.31. The van der Waals surface area contributed by atoms with E-state index in [0.29, 0.717) is 17.0 Å². The molecule has 0 aliphatic rings. The summed E-state index contributed by atoms with van der Waals surface area (Å²) in [7, 11) is 0. The van der Waals surface area contributed by atoms with Crippen LogP contribution in [0, 0.1) is 12.7 Å². The normalized spacial score (nSPS) is 12.4. The lowest BCUT2D eigenvalue weighted by Gasteiger charge is -2.20. The van der Waals surface area contributed by atoms with Crippen LogP contribution >= 0.6 is 11.6 Å². The lowest BCUT2D eigenvalue weighted by molar-refractivity contribution is 0.524. The van der Waals surface area contributed by atoms with Crippen molar-refractivity contribution in [1.82, 2.24) is 10.3 Å². The molecule has 0 bridgehead atoms. The van der Waals surface area contributed by atoms with Gasteiger partial charge in [0, 0.05) is 23.0 Å². The average Bonchev–Trinajstić information content (AvgIpc) is 2.43. The summed E-state index contributed by atoms with van der Waals surface area (Å²) in [6.07, 6.45) is 2.31. The molecule has 0 aliphatic heterocycles. The first-order valence-electron chi connectivity index (χ1n) is 6.70. The van der Waals surface area contributed by atoms with Crippen LogP contribution in [0.5, 0.6) is 0 Å². The third kappa shape index (κ3) is 3.56. The number of halogens is 2. The molecule has 2 aromatic rings. The number of rotatable bonds is 5. The minimum absolute atomic E-state index is 0.0293. The summed E-state index contributed by atoms with van der Waals surface area (Å²) < 4.78 is 13.9. The molecule has 1 heterocycles. The molecule has 0 radical (unpaired) electrons. The van der Waals surface area contributed by atoms with Gasteiger partial charge in [-0.1, -0.05) is 24.6 Å². The number of benzene rings is 1. The Morgan fingerprint density at radius 1 is 1.35 bits per heavy atom. The first-order chi connectivity index (χ1) is 9.61. The van der Waals surface area contributed by atoms with Crippen molar-refractivity contribution in [1.29, 1.82) is 0 Å². The minimum Gasteiger partial charge on any atom is -0.310 e. The molecule has 0 saturated heterocycles. The lowest BCUT2D eigenvalue weighted by atomic mass is 9.97. The van der Waals surface area contributed by atoms with Gasteiger partial charge in [-0.3, -0.25) is 4.98 Å². The van der Waals surface area contributed by atoms with Gasteiger partial charge in [0.25, 0.3) is 0 Å². The number of nitrogens with zero attached hydrogens (tertiary/aromatic N) is 1. The molecule has 0 amide bonds. The monoisotopic (exact) mass is 292 g/mol. The van der Waals surface area contributed by atoms with E-state index in [0.717, 1.165) is 17.8 Å². The first kappa shape index (κ1) is 14.9. The molecule has 1 unspecified atom stereocenters. The molecule has 2 nitrogen and oxygen atoms in total. The Morgan fingerprint density at radius 3 is 2.85 bits per heavy atom. The molecule has 0 fully saturated rings. The van der Waals surface area contributed by atoms with Crippen molar-refractivity contribution in [3.63, 3.8) is 0 Å². The molecular weight excluding hydrogens is 275 g/mol. The van der Waals surface area contributed by atoms with Crippen LogP contribution in [0.4, 0.5) is 4.39 Å². The van der Waals surface area contributed by atoms with Crippen molar-refractivity contribution in [2.24, 2.45) is 0 Å². The molecular formula is C16H18ClFN2. The van der Waals surface area contributed by atoms with Crippen LogP contribution in [-0.4, -0.2) is 11.5 Å². The number of hydrogen-bond acceptors (Lipinski definition) is 2. The van der Waals surface area contributed by atoms with Gasteiger partial charge in [0.1, 0.15) is 5.82 Å². The number of pyridine rings is 1. The van der Waals surface area contributed by atoms with Crippen molar-refractivity contribution in [3.05, 3.63) is 64.2 Å². The van der Waals surface area contributed by atoms with E-state index in [1.807, 2.05) is 26.0 Å². The zero-order valence-electron chi connectivity index (χ0n) is 11.7. The highest BCUT2D eigenvalue weighted by atomic mass is 35.5. The fourth-order valence-corrected chi connectivity index (χ4v) is 2.52. The predicted octanol–water partition coefficient (Wildman–Crippen LogP) is 4.08. The van der Waals surface area contributed by atoms with E-state index in [1.54, 1.807) is 18.3 Å². The van der Waals surface area contributed by atoms with E-state index in [-0.39, 0.29) is 11.9 Å². The maximum Gasteiger partial charge on any atom is 0.126 e. The zero-order chi connectivity index (χ0) is 14.5. The van der Waals surface area contributed by atoms with Crippen molar-refractivity contribution < 1.29 is 4.39 Å². The topological polar surface area (TPSA) is 24.9 Å². The Kier molecular flexibility index (Phi) is 5.10. The summed E-state index contributed by atoms with van der Waals surface area (Å²) in [5.41, 5.74) is 2.67. The lowest BCUT2D eigenvalue weighted by Crippen LogP contribution is -2.24. The molecule has 0 saturated carbocycles. The summed E-state index contributed by atoms with van der Waals surface area (Å²) in [5.74, 6) is -0.223. The summed E-state index contributed by atoms with van der Waals surface area (Å²) in [4.78, 5) is 4.30. The van der Waals surface area contributed by atoms with Crippen LogP contribution in [0.1, 0.15) is 29.8 Å². The van der Waals surface area contributed by atoms with E-state index >= 15 is 0 Å². The molecule has 1 aromatic carbocycles. The van der Waals surface area contributed by atoms with E-state index < -0.39 is 0 Å². The molecule has 1 aromatic heterocycles. The fraction of sp³-hybridized carbons (Fsp3) is 0.312. The average molecular weight is 293 g/mol. The summed E-state index contributed by atoms with van der Waals surface area (Å²) in [6, 6.07) is 8.63.